The summed E-state index contributed by atoms with van der Waals surface area (Å²) in [6, 6.07) is 34.4. The van der Waals surface area contributed by atoms with Gasteiger partial charge in [0.05, 0.1) is 52.5 Å². The first-order valence-corrected chi connectivity index (χ1v) is 61.9. The van der Waals surface area contributed by atoms with E-state index in [9.17, 15) is 77.4 Å². The largest absolute Gasteiger partial charge is 0.543 e. The Bertz CT molecular complexity index is 6370. The highest BCUT2D eigenvalue weighted by atomic mass is 127. The standard InChI is InChI=1S/C24H27Cl2FN2O4S.C16H12Cl2FNO3.C16H25FOSi.C15H23FOSi.C10H11FO.C9H9FO.C8H15NO4S.C6H2Cl2FNO2.C2H4I2/c1-24(5-6-24)16-10-17(27)12-19(11-16)33-23-20(25)13-18(14-21(23)26)28-22(30)9-15-3-7-29(8-4-15)34(2,31)32;1-16(2-3-16)9-4-10(19)6-12(5-9)23-15-13(17)7-11(20(21)22)8-14(15)18;1-15(2,3)19(5,6)18-14-10-12(9-13(17)11-14)16(4)7-8-16;1-11(2)12-8-13(16)10-14(9-12)17-18(6,7)15(3,4)5;1-10(2-3-10)7-4-8(11)6-9(12)5-7;1-6(2)7-3-8(10)5-9(11)4-7;1-14(12,13)9-4-2-7(3-5-9)6-8(10)11;7-4-1-3(10(11)12)2-5(8)6(4)9;3-1-2-4/h10-15H,3-9H2,1-2H3,(H,28,30);4-8H,2-3H2,1H3;9-11H,7-8H2,1-6H3;8-10H,1H2,2-7H3;4-6,12H,2-3H2,1H3;3-5,11H,1H2,2H3;7H,2-6H2,1H3,(H,10,11);1-2H;1-2H2. The number of benzene rings is 9. The minimum atomic E-state index is -3.20. The number of carboxylic acid groups (broad SMARTS) is 1. The summed E-state index contributed by atoms with van der Waals surface area (Å²) >= 11 is 40.1. The number of non-ortho nitro benzene ring substituents is 2. The van der Waals surface area contributed by atoms with Gasteiger partial charge >= 0.3 is 5.97 Å². The van der Waals surface area contributed by atoms with Crippen LogP contribution in [0.15, 0.2) is 159 Å². The van der Waals surface area contributed by atoms with Crippen LogP contribution in [-0.2, 0) is 51.3 Å². The van der Waals surface area contributed by atoms with Crippen molar-refractivity contribution in [3.8, 4) is 46.0 Å². The third-order valence-corrected chi connectivity index (χ3v) is 42.7. The molecule has 0 radical (unpaired) electrons. The van der Waals surface area contributed by atoms with E-state index in [1.807, 2.05) is 19.1 Å². The number of allylic oxidation sites excluding steroid dienone is 2. The highest BCUT2D eigenvalue weighted by molar-refractivity contribution is 14.1. The molecule has 0 unspecified atom stereocenters. The van der Waals surface area contributed by atoms with Crippen molar-refractivity contribution < 1.29 is 101 Å². The number of piperidine rings is 2. The smallest absolute Gasteiger partial charge is 0.303 e. The molecule has 0 atom stereocenters. The van der Waals surface area contributed by atoms with Crippen molar-refractivity contribution in [3.05, 3.63) is 283 Å². The molecule has 9 aromatic rings. The predicted octanol–water partition coefficient (Wildman–Crippen LogP) is 32.5. The fourth-order valence-corrected chi connectivity index (χ4v) is 19.7. The van der Waals surface area contributed by atoms with Gasteiger partial charge in [0.15, 0.2) is 17.3 Å². The number of sulfonamides is 2. The first-order chi connectivity index (χ1) is 67.8. The Labute approximate surface area is 917 Å². The summed E-state index contributed by atoms with van der Waals surface area (Å²) in [6.45, 7) is 43.0. The van der Waals surface area contributed by atoms with E-state index in [4.69, 9.17) is 103 Å². The number of rotatable bonds is 24. The van der Waals surface area contributed by atoms with E-state index in [0.29, 0.717) is 80.4 Å². The number of nitro groups is 2. The average Bonchev–Trinajstić information content (AvgIpc) is 1.62. The maximum Gasteiger partial charge on any atom is 0.303 e. The molecule has 2 saturated heterocycles. The number of nitro benzene ring substituents is 2. The Kier molecular flexibility index (Phi) is 45.4. The molecule has 804 valence electrons. The number of halogens is 15. The Hall–Kier alpha value is -8.04. The van der Waals surface area contributed by atoms with Crippen LogP contribution < -0.4 is 23.6 Å². The number of carboxylic acids is 1. The first-order valence-electron chi connectivity index (χ1n) is 47.0. The van der Waals surface area contributed by atoms with Crippen molar-refractivity contribution in [2.24, 2.45) is 11.8 Å². The Morgan fingerprint density at radius 1 is 0.449 bits per heavy atom. The minimum Gasteiger partial charge on any atom is -0.543 e. The van der Waals surface area contributed by atoms with Gasteiger partial charge in [-0.3, -0.25) is 29.8 Å². The van der Waals surface area contributed by atoms with Crippen LogP contribution in [0.3, 0.4) is 0 Å². The Balaban J connectivity index is 0.000000233. The topological polar surface area (TPSA) is 305 Å². The van der Waals surface area contributed by atoms with Gasteiger partial charge < -0.3 is 39.0 Å². The van der Waals surface area contributed by atoms with Gasteiger partial charge in [0.25, 0.3) is 11.4 Å². The van der Waals surface area contributed by atoms with Crippen LogP contribution in [0, 0.1) is 72.8 Å². The Morgan fingerprint density at radius 3 is 1.03 bits per heavy atom. The number of phenols is 2. The molecule has 0 aromatic heterocycles. The van der Waals surface area contributed by atoms with Crippen molar-refractivity contribution in [1.29, 1.82) is 0 Å². The first kappa shape index (κ1) is 126. The molecule has 6 fully saturated rings. The normalized spacial score (nSPS) is 15.8. The van der Waals surface area contributed by atoms with Crippen LogP contribution in [0.4, 0.5) is 47.8 Å². The number of amides is 1. The van der Waals surface area contributed by atoms with E-state index < -0.39 is 69.9 Å². The van der Waals surface area contributed by atoms with Crippen molar-refractivity contribution in [2.75, 3.05) is 52.9 Å². The summed E-state index contributed by atoms with van der Waals surface area (Å²) in [5.41, 5.74) is 6.83. The van der Waals surface area contributed by atoms with Crippen LogP contribution in [0.1, 0.15) is 206 Å². The second-order valence-electron chi connectivity index (χ2n) is 41.5. The minimum absolute atomic E-state index is 0.00681. The lowest BCUT2D eigenvalue weighted by molar-refractivity contribution is -0.385. The zero-order chi connectivity index (χ0) is 111. The number of nitrogens with zero attached hydrogens (tertiary/aromatic N) is 4. The summed E-state index contributed by atoms with van der Waals surface area (Å²) in [4.78, 5) is 42.6. The van der Waals surface area contributed by atoms with E-state index >= 15 is 0 Å². The Morgan fingerprint density at radius 2 is 0.728 bits per heavy atom. The third kappa shape index (κ3) is 39.9. The number of alkyl halides is 2. The molecule has 9 aromatic carbocycles. The molecule has 15 rings (SSSR count). The zero-order valence-corrected chi connectivity index (χ0v) is 97.9. The average molecular weight is 2460 g/mol. The number of phenolic OH excluding ortho intramolecular Hbond substituents is 2. The van der Waals surface area contributed by atoms with Crippen molar-refractivity contribution in [3.63, 3.8) is 0 Å². The number of ether oxygens (including phenoxy) is 2. The molecule has 4 saturated carbocycles. The van der Waals surface area contributed by atoms with Crippen molar-refractivity contribution in [2.45, 2.75) is 231 Å². The number of hydrogen-bond donors (Lipinski definition) is 4. The van der Waals surface area contributed by atoms with Crippen molar-refractivity contribution >= 4 is 192 Å². The predicted molar refractivity (Wildman–Crippen MR) is 597 cm³/mol. The molecule has 1 amide bonds. The fourth-order valence-electron chi connectivity index (χ4n) is 14.3. The monoisotopic (exact) mass is 2460 g/mol. The fraction of sp³-hybridized carbons (Fsp3) is 0.434. The van der Waals surface area contributed by atoms with E-state index in [-0.39, 0.29) is 156 Å². The van der Waals surface area contributed by atoms with Crippen LogP contribution in [0.2, 0.25) is 66.4 Å². The molecular formula is C106H128Cl6F7I2N5O17S2Si2. The molecule has 0 bridgehead atoms. The van der Waals surface area contributed by atoms with E-state index in [2.05, 4.69) is 159 Å². The molecule has 2 heterocycles. The zero-order valence-electron chi connectivity index (χ0n) is 85.4. The quantitative estimate of drug-likeness (QED) is 0.00831. The number of hydrogen-bond acceptors (Lipinski definition) is 16. The van der Waals surface area contributed by atoms with Gasteiger partial charge in [-0.15, -0.1) is 0 Å². The maximum absolute atomic E-state index is 14.1. The third-order valence-electron chi connectivity index (χ3n) is 26.6. The molecule has 0 spiro atoms. The van der Waals surface area contributed by atoms with Crippen molar-refractivity contribution in [1.82, 2.24) is 8.61 Å². The lowest BCUT2D eigenvalue weighted by Crippen LogP contribution is -2.43. The molecule has 4 aliphatic carbocycles. The van der Waals surface area contributed by atoms with Gasteiger partial charge in [-0.1, -0.05) is 208 Å². The molecule has 22 nitrogen and oxygen atoms in total. The van der Waals surface area contributed by atoms with E-state index in [0.717, 1.165) is 127 Å². The van der Waals surface area contributed by atoms with Gasteiger partial charge in [0.1, 0.15) is 69.4 Å². The number of anilines is 1. The molecule has 6 aliphatic rings. The highest BCUT2D eigenvalue weighted by Crippen LogP contribution is 2.54. The second kappa shape index (κ2) is 53.0. The number of aromatic hydroxyl groups is 2. The van der Waals surface area contributed by atoms with Crippen LogP contribution in [0.25, 0.3) is 11.1 Å². The number of carbonyl (C=O) groups is 2. The molecular weight excluding hydrogens is 2340 g/mol. The van der Waals surface area contributed by atoms with Gasteiger partial charge in [0.2, 0.25) is 42.6 Å². The lowest BCUT2D eigenvalue weighted by Gasteiger charge is -2.36. The summed E-state index contributed by atoms with van der Waals surface area (Å²) < 4.78 is 168. The number of aliphatic carboxylic acids is 1. The summed E-state index contributed by atoms with van der Waals surface area (Å²) in [6.07, 6.45) is 13.8. The van der Waals surface area contributed by atoms with E-state index in [1.165, 1.54) is 103 Å². The van der Waals surface area contributed by atoms with E-state index in [1.54, 1.807) is 31.2 Å². The van der Waals surface area contributed by atoms with Gasteiger partial charge in [-0.25, -0.2) is 56.2 Å². The maximum atomic E-state index is 14.1. The SMILES string of the molecule is C=C(C)c1cc(F)cc(O[Si](C)(C)C(C)(C)C)c1.C=C(C)c1cc(O)cc(F)c1.CC1(c2cc(F)cc(O[Si](C)(C)C(C)(C)C)c2)CC1.CC1(c2cc(F)cc(Oc3c(Cl)cc(NC(=O)CC4CCN(S(C)(=O)=O)CC4)cc3Cl)c2)CC1.CC1(c2cc(F)cc(Oc3c(Cl)cc([N+](=O)[O-])cc3Cl)c2)CC1.CC1(c2cc(O)cc(F)c2)CC1.CS(=O)(=O)N1CCC(CC(=O)O)CC1.ICCI.O=[N+]([O-])c1cc(Cl)c(F)c(Cl)c1. The number of nitrogens with one attached hydrogen (secondary N) is 1. The highest BCUT2D eigenvalue weighted by Gasteiger charge is 2.45. The van der Waals surface area contributed by atoms with Gasteiger partial charge in [0, 0.05) is 114 Å². The summed E-state index contributed by atoms with van der Waals surface area (Å²) in [7, 11) is -10.1. The summed E-state index contributed by atoms with van der Waals surface area (Å²) in [5.74, 6) is -1.58. The molecule has 4 N–H and O–H groups in total. The molecule has 147 heavy (non-hydrogen) atoms. The van der Waals surface area contributed by atoms with Crippen LogP contribution >= 0.6 is 115 Å². The number of carbonyl (C=O) groups excluding carboxylic acids is 1. The molecule has 41 heteroatoms. The van der Waals surface area contributed by atoms with Gasteiger partial charge in [-0.05, 0) is 279 Å². The molecule has 2 aliphatic heterocycles. The second-order valence-corrected chi connectivity index (χ2v) is 59.5. The van der Waals surface area contributed by atoms with Crippen LogP contribution in [0.5, 0.6) is 46.0 Å². The summed E-state index contributed by atoms with van der Waals surface area (Å²) in [5, 5.41) is 50.3. The van der Waals surface area contributed by atoms with Gasteiger partial charge in [-0.2, -0.15) is 0 Å². The van der Waals surface area contributed by atoms with Crippen LogP contribution in [-0.4, -0.2) is 127 Å². The lowest BCUT2D eigenvalue weighted by atomic mass is 9.94.